The van der Waals surface area contributed by atoms with E-state index in [4.69, 9.17) is 19.3 Å². The number of carboxylic acid groups (broad SMARTS) is 2. The predicted octanol–water partition coefficient (Wildman–Crippen LogP) is 4.42. The number of carboxylic acids is 2. The zero-order valence-electron chi connectivity index (χ0n) is 31.2. The van der Waals surface area contributed by atoms with E-state index in [0.717, 1.165) is 3.92 Å². The zero-order chi connectivity index (χ0) is 40.1. The number of carbonyl (C=O) groups is 4. The van der Waals surface area contributed by atoms with Crippen LogP contribution in [-0.4, -0.2) is 92.8 Å². The van der Waals surface area contributed by atoms with Gasteiger partial charge in [0, 0.05) is 3.92 Å². The lowest BCUT2D eigenvalue weighted by Crippen LogP contribution is -2.19. The van der Waals surface area contributed by atoms with Crippen LogP contribution in [0.3, 0.4) is 0 Å². The fourth-order valence-electron chi connectivity index (χ4n) is 3.49. The third kappa shape index (κ3) is 19.5. The van der Waals surface area contributed by atoms with E-state index in [1.54, 1.807) is 41.5 Å². The molecule has 52 heavy (non-hydrogen) atoms. The molecule has 4 aromatic heterocycles. The number of aryl methyl sites for hydroxylation is 4. The number of methoxy groups -OCH3 is 2. The maximum atomic E-state index is 11.4. The molecule has 4 aromatic rings. The van der Waals surface area contributed by atoms with Crippen molar-refractivity contribution >= 4 is 46.5 Å². The second kappa shape index (κ2) is 24.4. The SMILES string of the molecule is CC(C)I.COC(=O)C(c1nc(C)no1)C(C)C.COC(=O)Cc1nc(C)no1.Cc1noc(C(C(=O)O)C(C)C)n1.Cc1noc(CC(=O)O)n1. The first-order valence-electron chi connectivity index (χ1n) is 15.6. The maximum absolute atomic E-state index is 11.4. The molecule has 0 aromatic carbocycles. The summed E-state index contributed by atoms with van der Waals surface area (Å²) in [6.07, 6.45) is -0.168. The van der Waals surface area contributed by atoms with Crippen molar-refractivity contribution in [2.75, 3.05) is 14.2 Å². The quantitative estimate of drug-likeness (QED) is 0.127. The normalized spacial score (nSPS) is 11.4. The molecule has 0 aliphatic heterocycles. The number of hydrogen-bond acceptors (Lipinski definition) is 18. The number of carbonyl (C=O) groups excluding carboxylic acids is 2. The van der Waals surface area contributed by atoms with Gasteiger partial charge in [-0.1, -0.05) is 84.8 Å². The van der Waals surface area contributed by atoms with Gasteiger partial charge in [0.05, 0.1) is 14.2 Å². The highest BCUT2D eigenvalue weighted by atomic mass is 127. The van der Waals surface area contributed by atoms with Gasteiger partial charge in [-0.05, 0) is 39.5 Å². The van der Waals surface area contributed by atoms with Gasteiger partial charge in [0.25, 0.3) is 0 Å². The molecule has 4 heterocycles. The van der Waals surface area contributed by atoms with Crippen molar-refractivity contribution in [2.24, 2.45) is 11.8 Å². The standard InChI is InChI=1S/C9H14N2O3.C8H12N2O3.C6H8N2O3.C5H6N2O3.C3H7I/c1-5(2)7(9(12)13-4)8-10-6(3)11-14-8;1-4(2)6(8(11)12)7-9-5(3)10-13-7;1-4-7-5(11-8-4)3-6(9)10-2;1-3-6-4(10-7-3)2-5(8)9;1-3(2)4/h5,7H,1-4H3;4,6H,1-3H3,(H,11,12);3H2,1-2H3;2H2,1H3,(H,8,9);3H,1-2H3. The molecular formula is C31H47IN8O12. The van der Waals surface area contributed by atoms with Gasteiger partial charge in [-0.15, -0.1) is 0 Å². The van der Waals surface area contributed by atoms with Gasteiger partial charge < -0.3 is 37.8 Å². The Bertz CT molecular complexity index is 1640. The lowest BCUT2D eigenvalue weighted by molar-refractivity contribution is -0.144. The molecular weight excluding hydrogens is 803 g/mol. The molecule has 2 atom stereocenters. The van der Waals surface area contributed by atoms with Crippen molar-refractivity contribution in [3.63, 3.8) is 0 Å². The molecule has 290 valence electrons. The van der Waals surface area contributed by atoms with Crippen molar-refractivity contribution in [3.05, 3.63) is 46.9 Å². The number of ether oxygens (including phenoxy) is 2. The molecule has 0 amide bonds. The van der Waals surface area contributed by atoms with Gasteiger partial charge in [0.2, 0.25) is 23.6 Å². The number of alkyl halides is 1. The van der Waals surface area contributed by atoms with E-state index in [9.17, 15) is 19.2 Å². The van der Waals surface area contributed by atoms with Gasteiger partial charge in [0.1, 0.15) is 24.7 Å². The van der Waals surface area contributed by atoms with Crippen LogP contribution in [0.2, 0.25) is 0 Å². The molecule has 0 fully saturated rings. The summed E-state index contributed by atoms with van der Waals surface area (Å²) in [5, 5.41) is 31.3. The van der Waals surface area contributed by atoms with Crippen LogP contribution < -0.4 is 0 Å². The van der Waals surface area contributed by atoms with Crippen molar-refractivity contribution < 1.29 is 57.0 Å². The van der Waals surface area contributed by atoms with Gasteiger partial charge in [0.15, 0.2) is 23.3 Å². The largest absolute Gasteiger partial charge is 0.481 e. The Morgan fingerprint density at radius 1 is 0.615 bits per heavy atom. The zero-order valence-corrected chi connectivity index (χ0v) is 33.4. The third-order valence-corrected chi connectivity index (χ3v) is 5.64. The maximum Gasteiger partial charge on any atom is 0.318 e. The fraction of sp³-hybridized carbons (Fsp3) is 0.613. The average molecular weight is 851 g/mol. The van der Waals surface area contributed by atoms with Gasteiger partial charge in [-0.2, -0.15) is 19.9 Å². The molecule has 2 N–H and O–H groups in total. The summed E-state index contributed by atoms with van der Waals surface area (Å²) in [7, 11) is 2.66. The van der Waals surface area contributed by atoms with Crippen LogP contribution in [-0.2, 0) is 41.5 Å². The number of hydrogen-bond donors (Lipinski definition) is 2. The smallest absolute Gasteiger partial charge is 0.318 e. The molecule has 0 spiro atoms. The monoisotopic (exact) mass is 850 g/mol. The van der Waals surface area contributed by atoms with E-state index >= 15 is 0 Å². The second-order valence-corrected chi connectivity index (χ2v) is 14.0. The molecule has 0 radical (unpaired) electrons. The lowest BCUT2D eigenvalue weighted by atomic mass is 9.96. The number of rotatable bonds is 10. The van der Waals surface area contributed by atoms with E-state index in [1.807, 2.05) is 13.8 Å². The lowest BCUT2D eigenvalue weighted by Gasteiger charge is -2.13. The van der Waals surface area contributed by atoms with E-state index in [0.29, 0.717) is 29.2 Å². The Morgan fingerprint density at radius 3 is 1.25 bits per heavy atom. The molecule has 20 nitrogen and oxygen atoms in total. The summed E-state index contributed by atoms with van der Waals surface area (Å²) in [6, 6.07) is 0. The topological polar surface area (TPSA) is 283 Å². The number of aromatic nitrogens is 8. The number of halogens is 1. The minimum Gasteiger partial charge on any atom is -0.481 e. The predicted molar refractivity (Wildman–Crippen MR) is 187 cm³/mol. The minimum absolute atomic E-state index is 0.0390. The molecule has 21 heteroatoms. The van der Waals surface area contributed by atoms with Crippen LogP contribution in [0.4, 0.5) is 0 Å². The Kier molecular flexibility index (Phi) is 22.1. The molecule has 2 unspecified atom stereocenters. The van der Waals surface area contributed by atoms with E-state index < -0.39 is 23.8 Å². The highest BCUT2D eigenvalue weighted by Gasteiger charge is 2.30. The van der Waals surface area contributed by atoms with Crippen molar-refractivity contribution in [3.8, 4) is 0 Å². The van der Waals surface area contributed by atoms with Crippen LogP contribution >= 0.6 is 22.6 Å². The van der Waals surface area contributed by atoms with Crippen LogP contribution in [0.15, 0.2) is 18.1 Å². The molecule has 4 rings (SSSR count). The van der Waals surface area contributed by atoms with Crippen molar-refractivity contribution in [2.45, 2.75) is 97.8 Å². The summed E-state index contributed by atoms with van der Waals surface area (Å²) in [5.74, 6) is -0.901. The van der Waals surface area contributed by atoms with Crippen molar-refractivity contribution in [1.29, 1.82) is 0 Å². The summed E-state index contributed by atoms with van der Waals surface area (Å²) in [4.78, 5) is 58.4. The van der Waals surface area contributed by atoms with Crippen LogP contribution in [0.5, 0.6) is 0 Å². The van der Waals surface area contributed by atoms with Crippen molar-refractivity contribution in [1.82, 2.24) is 40.6 Å². The Labute approximate surface area is 313 Å². The van der Waals surface area contributed by atoms with E-state index in [1.165, 1.54) is 14.2 Å². The summed E-state index contributed by atoms with van der Waals surface area (Å²) >= 11 is 2.34. The van der Waals surface area contributed by atoms with Crippen LogP contribution in [0.25, 0.3) is 0 Å². The van der Waals surface area contributed by atoms with Crippen LogP contribution in [0.1, 0.15) is 100 Å². The number of esters is 2. The number of nitrogens with zero attached hydrogens (tertiary/aromatic N) is 8. The first kappa shape index (κ1) is 47.2. The molecule has 0 saturated heterocycles. The Morgan fingerprint density at radius 2 is 0.981 bits per heavy atom. The van der Waals surface area contributed by atoms with Crippen LogP contribution in [0, 0.1) is 39.5 Å². The summed E-state index contributed by atoms with van der Waals surface area (Å²) < 4.78 is 28.8. The molecule has 0 aliphatic rings. The first-order valence-corrected chi connectivity index (χ1v) is 16.9. The average Bonchev–Trinajstić information content (AvgIpc) is 3.83. The third-order valence-electron chi connectivity index (χ3n) is 5.64. The molecule has 0 bridgehead atoms. The van der Waals surface area contributed by atoms with E-state index in [2.05, 4.69) is 95.5 Å². The molecule has 0 saturated carbocycles. The Balaban J connectivity index is 0.000000648. The Hall–Kier alpha value is -4.83. The second-order valence-electron chi connectivity index (χ2n) is 11.5. The van der Waals surface area contributed by atoms with Gasteiger partial charge in [-0.3, -0.25) is 19.2 Å². The minimum atomic E-state index is -0.969. The summed E-state index contributed by atoms with van der Waals surface area (Å²) in [6.45, 7) is 18.4. The summed E-state index contributed by atoms with van der Waals surface area (Å²) in [5.41, 5.74) is 0. The highest BCUT2D eigenvalue weighted by molar-refractivity contribution is 14.1. The fourth-order valence-corrected chi connectivity index (χ4v) is 3.49. The van der Waals surface area contributed by atoms with Gasteiger partial charge >= 0.3 is 23.9 Å². The molecule has 0 aliphatic carbocycles. The van der Waals surface area contributed by atoms with E-state index in [-0.39, 0.29) is 54.3 Å². The first-order chi connectivity index (χ1) is 24.2. The highest BCUT2D eigenvalue weighted by Crippen LogP contribution is 2.24. The van der Waals surface area contributed by atoms with Gasteiger partial charge in [-0.25, -0.2) is 0 Å². The number of aliphatic carboxylic acids is 2.